The highest BCUT2D eigenvalue weighted by molar-refractivity contribution is 5.84. The smallest absolute Gasteiger partial charge is 0.225 e. The molecule has 8 nitrogen and oxygen atoms in total. The van der Waals surface area contributed by atoms with Gasteiger partial charge >= 0.3 is 0 Å². The second-order valence-corrected chi connectivity index (χ2v) is 8.17. The fourth-order valence-corrected chi connectivity index (χ4v) is 4.29. The number of likely N-dealkylation sites (N-methyl/N-ethyl adjacent to an activating group) is 1. The van der Waals surface area contributed by atoms with Crippen LogP contribution in [0.5, 0.6) is 0 Å². The van der Waals surface area contributed by atoms with Crippen LogP contribution in [0.25, 0.3) is 0 Å². The van der Waals surface area contributed by atoms with Crippen molar-refractivity contribution in [1.82, 2.24) is 20.0 Å². The average molecular weight is 387 g/mol. The van der Waals surface area contributed by atoms with E-state index in [0.717, 1.165) is 63.7 Å². The van der Waals surface area contributed by atoms with Crippen LogP contribution >= 0.6 is 0 Å². The summed E-state index contributed by atoms with van der Waals surface area (Å²) < 4.78 is 0. The normalized spacial score (nSPS) is 22.6. The number of hydrogen-bond donors (Lipinski definition) is 0. The molecule has 8 heteroatoms. The van der Waals surface area contributed by atoms with Gasteiger partial charge < -0.3 is 19.6 Å². The first-order valence-corrected chi connectivity index (χ1v) is 10.4. The summed E-state index contributed by atoms with van der Waals surface area (Å²) in [4.78, 5) is 32.9. The number of aromatic nitrogens is 2. The van der Waals surface area contributed by atoms with Crippen LogP contribution in [0.4, 0.5) is 11.6 Å². The van der Waals surface area contributed by atoms with Crippen molar-refractivity contribution in [3.63, 3.8) is 0 Å². The summed E-state index contributed by atoms with van der Waals surface area (Å²) in [5.74, 6) is 2.38. The lowest BCUT2D eigenvalue weighted by Crippen LogP contribution is -2.51. The van der Waals surface area contributed by atoms with Gasteiger partial charge in [-0.25, -0.2) is 0 Å². The van der Waals surface area contributed by atoms with Crippen molar-refractivity contribution >= 4 is 23.3 Å². The monoisotopic (exact) mass is 386 g/mol. The standard InChI is InChI=1S/C20H30N6O2/c1-23-8-10-24(11-9-23)18-6-7-19(22-21-18)25-12-14-26(15-13-25)20(28)16-2-4-17(27)5-3-16/h6-7,16H,2-5,8-15H2,1H3. The van der Waals surface area contributed by atoms with Crippen molar-refractivity contribution in [1.29, 1.82) is 0 Å². The molecule has 0 atom stereocenters. The summed E-state index contributed by atoms with van der Waals surface area (Å²) in [5, 5.41) is 8.88. The molecular weight excluding hydrogens is 356 g/mol. The molecule has 1 saturated carbocycles. The number of Topliss-reactive ketones (excluding diaryl/α,β-unsaturated/α-hetero) is 1. The molecule has 3 heterocycles. The van der Waals surface area contributed by atoms with Gasteiger partial charge in [-0.3, -0.25) is 9.59 Å². The van der Waals surface area contributed by atoms with Crippen LogP contribution in [0, 0.1) is 5.92 Å². The molecule has 2 aliphatic heterocycles. The van der Waals surface area contributed by atoms with Crippen molar-refractivity contribution in [2.75, 3.05) is 69.2 Å². The Bertz CT molecular complexity index is 683. The molecule has 1 amide bonds. The Labute approximate surface area is 166 Å². The quantitative estimate of drug-likeness (QED) is 0.755. The molecule has 3 fully saturated rings. The van der Waals surface area contributed by atoms with Crippen molar-refractivity contribution in [3.8, 4) is 0 Å². The first kappa shape index (κ1) is 19.1. The molecular formula is C20H30N6O2. The lowest BCUT2D eigenvalue weighted by atomic mass is 9.87. The Morgan fingerprint density at radius 2 is 1.36 bits per heavy atom. The highest BCUT2D eigenvalue weighted by Gasteiger charge is 2.30. The molecule has 0 N–H and O–H groups in total. The summed E-state index contributed by atoms with van der Waals surface area (Å²) in [7, 11) is 2.14. The number of amides is 1. The average Bonchev–Trinajstić information content (AvgIpc) is 2.75. The van der Waals surface area contributed by atoms with Crippen LogP contribution in [-0.2, 0) is 9.59 Å². The van der Waals surface area contributed by atoms with E-state index in [1.54, 1.807) is 0 Å². The summed E-state index contributed by atoms with van der Waals surface area (Å²) in [6, 6.07) is 4.11. The molecule has 3 aliphatic rings. The molecule has 2 saturated heterocycles. The van der Waals surface area contributed by atoms with E-state index in [1.165, 1.54) is 0 Å². The van der Waals surface area contributed by atoms with E-state index >= 15 is 0 Å². The van der Waals surface area contributed by atoms with Crippen LogP contribution in [0.15, 0.2) is 12.1 Å². The summed E-state index contributed by atoms with van der Waals surface area (Å²) in [6.45, 7) is 7.05. The zero-order chi connectivity index (χ0) is 19.5. The second-order valence-electron chi connectivity index (χ2n) is 8.17. The zero-order valence-electron chi connectivity index (χ0n) is 16.7. The van der Waals surface area contributed by atoms with Crippen molar-refractivity contribution in [3.05, 3.63) is 12.1 Å². The highest BCUT2D eigenvalue weighted by atomic mass is 16.2. The Morgan fingerprint density at radius 3 is 1.86 bits per heavy atom. The summed E-state index contributed by atoms with van der Waals surface area (Å²) in [5.41, 5.74) is 0. The van der Waals surface area contributed by atoms with E-state index in [2.05, 4.69) is 38.0 Å². The fourth-order valence-electron chi connectivity index (χ4n) is 4.29. The first-order valence-electron chi connectivity index (χ1n) is 10.4. The third kappa shape index (κ3) is 4.27. The first-order chi connectivity index (χ1) is 13.6. The van der Waals surface area contributed by atoms with Gasteiger partial charge in [-0.1, -0.05) is 0 Å². The van der Waals surface area contributed by atoms with E-state index in [0.29, 0.717) is 31.7 Å². The van der Waals surface area contributed by atoms with Gasteiger partial charge in [0.25, 0.3) is 0 Å². The molecule has 0 bridgehead atoms. The summed E-state index contributed by atoms with van der Waals surface area (Å²) in [6.07, 6.45) is 2.56. The Hall–Kier alpha value is -2.22. The van der Waals surface area contributed by atoms with Gasteiger partial charge in [0, 0.05) is 71.1 Å². The zero-order valence-corrected chi connectivity index (χ0v) is 16.7. The van der Waals surface area contributed by atoms with E-state index < -0.39 is 0 Å². The van der Waals surface area contributed by atoms with Gasteiger partial charge in [-0.05, 0) is 32.0 Å². The molecule has 0 aromatic carbocycles. The highest BCUT2D eigenvalue weighted by Crippen LogP contribution is 2.25. The van der Waals surface area contributed by atoms with E-state index in [1.807, 2.05) is 11.0 Å². The predicted octanol–water partition coefficient (Wildman–Crippen LogP) is 0.636. The third-order valence-corrected chi connectivity index (χ3v) is 6.27. The van der Waals surface area contributed by atoms with Crippen LogP contribution in [0.1, 0.15) is 25.7 Å². The molecule has 0 radical (unpaired) electrons. The van der Waals surface area contributed by atoms with Crippen LogP contribution in [0.2, 0.25) is 0 Å². The number of ketones is 1. The van der Waals surface area contributed by atoms with Crippen LogP contribution in [0.3, 0.4) is 0 Å². The number of hydrogen-bond acceptors (Lipinski definition) is 7. The predicted molar refractivity (Wildman–Crippen MR) is 108 cm³/mol. The van der Waals surface area contributed by atoms with Gasteiger partial charge in [0.05, 0.1) is 0 Å². The minimum Gasteiger partial charge on any atom is -0.353 e. The largest absolute Gasteiger partial charge is 0.353 e. The fraction of sp³-hybridized carbons (Fsp3) is 0.700. The van der Waals surface area contributed by atoms with Gasteiger partial charge in [0.15, 0.2) is 11.6 Å². The minimum absolute atomic E-state index is 0.0342. The Kier molecular flexibility index (Phi) is 5.75. The number of rotatable bonds is 3. The Balaban J connectivity index is 1.29. The van der Waals surface area contributed by atoms with Crippen molar-refractivity contribution in [2.24, 2.45) is 5.92 Å². The maximum absolute atomic E-state index is 12.7. The maximum Gasteiger partial charge on any atom is 0.225 e. The van der Waals surface area contributed by atoms with Crippen molar-refractivity contribution in [2.45, 2.75) is 25.7 Å². The SMILES string of the molecule is CN1CCN(c2ccc(N3CCN(C(=O)C4CCC(=O)CC4)CC3)nn2)CC1. The van der Waals surface area contributed by atoms with Gasteiger partial charge in [0.2, 0.25) is 5.91 Å². The molecule has 152 valence electrons. The number of anilines is 2. The van der Waals surface area contributed by atoms with Crippen LogP contribution in [-0.4, -0.2) is 91.1 Å². The molecule has 0 spiro atoms. The second kappa shape index (κ2) is 8.43. The van der Waals surface area contributed by atoms with E-state index in [-0.39, 0.29) is 11.8 Å². The number of piperazine rings is 2. The topological polar surface area (TPSA) is 72.9 Å². The molecule has 1 aliphatic carbocycles. The van der Waals surface area contributed by atoms with Gasteiger partial charge in [-0.2, -0.15) is 0 Å². The number of carbonyl (C=O) groups excluding carboxylic acids is 2. The number of nitrogens with zero attached hydrogens (tertiary/aromatic N) is 6. The minimum atomic E-state index is 0.0342. The lowest BCUT2D eigenvalue weighted by Gasteiger charge is -2.37. The molecule has 0 unspecified atom stereocenters. The molecule has 4 rings (SSSR count). The molecule has 28 heavy (non-hydrogen) atoms. The van der Waals surface area contributed by atoms with Crippen LogP contribution < -0.4 is 9.80 Å². The number of carbonyl (C=O) groups is 2. The van der Waals surface area contributed by atoms with Gasteiger partial charge in [-0.15, -0.1) is 10.2 Å². The van der Waals surface area contributed by atoms with E-state index in [9.17, 15) is 9.59 Å². The van der Waals surface area contributed by atoms with Gasteiger partial charge in [0.1, 0.15) is 5.78 Å². The summed E-state index contributed by atoms with van der Waals surface area (Å²) >= 11 is 0. The molecule has 1 aromatic rings. The van der Waals surface area contributed by atoms with Crippen molar-refractivity contribution < 1.29 is 9.59 Å². The third-order valence-electron chi connectivity index (χ3n) is 6.27. The molecule has 1 aromatic heterocycles. The van der Waals surface area contributed by atoms with E-state index in [4.69, 9.17) is 0 Å². The maximum atomic E-state index is 12.7. The Morgan fingerprint density at radius 1 is 0.857 bits per heavy atom. The lowest BCUT2D eigenvalue weighted by molar-refractivity contribution is -0.137.